The van der Waals surface area contributed by atoms with E-state index in [0.29, 0.717) is 12.8 Å². The normalized spacial score (nSPS) is 13.6. The van der Waals surface area contributed by atoms with E-state index in [0.717, 1.165) is 25.3 Å². The molecule has 3 N–H and O–H groups in total. The third-order valence-electron chi connectivity index (χ3n) is 4.79. The maximum atomic E-state index is 12.6. The number of hydrogen-bond acceptors (Lipinski definition) is 5. The highest BCUT2D eigenvalue weighted by molar-refractivity contribution is 7.86. The van der Waals surface area contributed by atoms with Gasteiger partial charge < -0.3 is 9.67 Å². The number of carbonyl (C=O) groups excluding carboxylic acids is 1. The SMILES string of the molecule is CCCCCC[C@](C)(C(=O)O)n1ccnc1NC(=O)c1ccccc1S(=O)(=O)O. The number of hydrogen-bond donors (Lipinski definition) is 3. The smallest absolute Gasteiger partial charge is 0.329 e. The second kappa shape index (κ2) is 9.19. The van der Waals surface area contributed by atoms with Crippen LogP contribution in [0.5, 0.6) is 0 Å². The fourth-order valence-electron chi connectivity index (χ4n) is 3.07. The molecule has 1 aromatic carbocycles. The molecule has 9 nitrogen and oxygen atoms in total. The number of anilines is 1. The standard InChI is InChI=1S/C19H25N3O6S/c1-3-4-5-8-11-19(2,17(24)25)22-13-12-20-18(22)21-16(23)14-9-6-7-10-15(14)29(26,27)28/h6-7,9-10,12-13H,3-5,8,11H2,1-2H3,(H,24,25)(H,20,21,23)(H,26,27,28)/t19-/m1/s1. The van der Waals surface area contributed by atoms with E-state index in [2.05, 4.69) is 17.2 Å². The highest BCUT2D eigenvalue weighted by Gasteiger charge is 2.36. The van der Waals surface area contributed by atoms with Crippen molar-refractivity contribution in [2.45, 2.75) is 56.4 Å². The molecule has 0 saturated heterocycles. The average molecular weight is 423 g/mol. The Hall–Kier alpha value is -2.72. The Morgan fingerprint density at radius 3 is 2.52 bits per heavy atom. The zero-order chi connectivity index (χ0) is 21.7. The van der Waals surface area contributed by atoms with E-state index < -0.39 is 32.4 Å². The summed E-state index contributed by atoms with van der Waals surface area (Å²) in [5.74, 6) is -1.93. The van der Waals surface area contributed by atoms with Gasteiger partial charge in [-0.3, -0.25) is 14.7 Å². The number of aliphatic carboxylic acids is 1. The summed E-state index contributed by atoms with van der Waals surface area (Å²) in [5.41, 5.74) is -1.61. The molecule has 2 rings (SSSR count). The second-order valence-electron chi connectivity index (χ2n) is 6.94. The van der Waals surface area contributed by atoms with Gasteiger partial charge in [-0.05, 0) is 25.5 Å². The minimum absolute atomic E-state index is 0.0273. The van der Waals surface area contributed by atoms with Crippen molar-refractivity contribution < 1.29 is 27.7 Å². The number of unbranched alkanes of at least 4 members (excludes halogenated alkanes) is 3. The molecule has 0 aliphatic carbocycles. The topological polar surface area (TPSA) is 139 Å². The van der Waals surface area contributed by atoms with Crippen LogP contribution in [0.3, 0.4) is 0 Å². The number of amides is 1. The number of nitrogens with zero attached hydrogens (tertiary/aromatic N) is 2. The van der Waals surface area contributed by atoms with E-state index in [1.54, 1.807) is 6.92 Å². The lowest BCUT2D eigenvalue weighted by molar-refractivity contribution is -0.147. The van der Waals surface area contributed by atoms with Crippen molar-refractivity contribution in [1.82, 2.24) is 9.55 Å². The molecule has 0 aliphatic rings. The van der Waals surface area contributed by atoms with Gasteiger partial charge in [-0.25, -0.2) is 9.78 Å². The van der Waals surface area contributed by atoms with Crippen LogP contribution >= 0.6 is 0 Å². The zero-order valence-electron chi connectivity index (χ0n) is 16.3. The van der Waals surface area contributed by atoms with E-state index in [1.165, 1.54) is 35.2 Å². The minimum Gasteiger partial charge on any atom is -0.479 e. The van der Waals surface area contributed by atoms with Gasteiger partial charge in [0.25, 0.3) is 16.0 Å². The number of aromatic nitrogens is 2. The van der Waals surface area contributed by atoms with Gasteiger partial charge in [-0.1, -0.05) is 44.7 Å². The van der Waals surface area contributed by atoms with Crippen molar-refractivity contribution in [3.05, 3.63) is 42.2 Å². The number of carboxylic acid groups (broad SMARTS) is 1. The third-order valence-corrected chi connectivity index (χ3v) is 5.70. The Labute approximate surface area is 169 Å². The summed E-state index contributed by atoms with van der Waals surface area (Å²) in [5, 5.41) is 12.3. The van der Waals surface area contributed by atoms with Crippen molar-refractivity contribution in [1.29, 1.82) is 0 Å². The first-order valence-corrected chi connectivity index (χ1v) is 10.7. The van der Waals surface area contributed by atoms with Crippen LogP contribution < -0.4 is 5.32 Å². The second-order valence-corrected chi connectivity index (χ2v) is 8.33. The van der Waals surface area contributed by atoms with Gasteiger partial charge in [0.2, 0.25) is 5.95 Å². The van der Waals surface area contributed by atoms with Crippen LogP contribution in [0.25, 0.3) is 0 Å². The average Bonchev–Trinajstić information content (AvgIpc) is 3.13. The van der Waals surface area contributed by atoms with E-state index in [1.807, 2.05) is 0 Å². The highest BCUT2D eigenvalue weighted by Crippen LogP contribution is 2.28. The van der Waals surface area contributed by atoms with Crippen LogP contribution in [0.4, 0.5) is 5.95 Å². The number of imidazole rings is 1. The lowest BCUT2D eigenvalue weighted by Gasteiger charge is -2.28. The van der Waals surface area contributed by atoms with Gasteiger partial charge in [0.05, 0.1) is 5.56 Å². The summed E-state index contributed by atoms with van der Waals surface area (Å²) in [6, 6.07) is 5.17. The number of benzene rings is 1. The first kappa shape index (κ1) is 22.6. The van der Waals surface area contributed by atoms with Crippen molar-refractivity contribution in [3.8, 4) is 0 Å². The predicted molar refractivity (Wildman–Crippen MR) is 106 cm³/mol. The summed E-state index contributed by atoms with van der Waals surface area (Å²) < 4.78 is 33.7. The van der Waals surface area contributed by atoms with Crippen LogP contribution in [-0.4, -0.2) is 39.5 Å². The molecule has 0 unspecified atom stereocenters. The van der Waals surface area contributed by atoms with Crippen molar-refractivity contribution in [3.63, 3.8) is 0 Å². The molecule has 0 saturated carbocycles. The van der Waals surface area contributed by atoms with Crippen LogP contribution in [0.2, 0.25) is 0 Å². The maximum absolute atomic E-state index is 12.6. The Kier molecular flexibility index (Phi) is 7.15. The summed E-state index contributed by atoms with van der Waals surface area (Å²) in [4.78, 5) is 28.1. The molecule has 1 atom stereocenters. The fraction of sp³-hybridized carbons (Fsp3) is 0.421. The third kappa shape index (κ3) is 5.21. The lowest BCUT2D eigenvalue weighted by Crippen LogP contribution is -2.39. The van der Waals surface area contributed by atoms with Crippen molar-refractivity contribution in [2.75, 3.05) is 5.32 Å². The van der Waals surface area contributed by atoms with Gasteiger partial charge in [0, 0.05) is 12.4 Å². The van der Waals surface area contributed by atoms with Crippen molar-refractivity contribution in [2.24, 2.45) is 0 Å². The molecule has 0 fully saturated rings. The summed E-state index contributed by atoms with van der Waals surface area (Å²) in [7, 11) is -4.61. The monoisotopic (exact) mass is 423 g/mol. The van der Waals surface area contributed by atoms with E-state index in [9.17, 15) is 27.7 Å². The molecular formula is C19H25N3O6S. The molecule has 29 heavy (non-hydrogen) atoms. The Morgan fingerprint density at radius 1 is 1.21 bits per heavy atom. The van der Waals surface area contributed by atoms with E-state index in [4.69, 9.17) is 0 Å². The summed E-state index contributed by atoms with van der Waals surface area (Å²) in [6.07, 6.45) is 6.74. The quantitative estimate of drug-likeness (QED) is 0.394. The summed E-state index contributed by atoms with van der Waals surface area (Å²) in [6.45, 7) is 3.61. The van der Waals surface area contributed by atoms with E-state index in [-0.39, 0.29) is 11.5 Å². The number of nitrogens with one attached hydrogen (secondary N) is 1. The molecule has 0 bridgehead atoms. The number of carboxylic acids is 1. The fourth-order valence-corrected chi connectivity index (χ4v) is 3.76. The molecule has 0 radical (unpaired) electrons. The van der Waals surface area contributed by atoms with Gasteiger partial charge in [-0.2, -0.15) is 8.42 Å². The molecule has 0 spiro atoms. The van der Waals surface area contributed by atoms with Crippen LogP contribution in [0.1, 0.15) is 56.3 Å². The zero-order valence-corrected chi connectivity index (χ0v) is 17.1. The van der Waals surface area contributed by atoms with Gasteiger partial charge >= 0.3 is 5.97 Å². The van der Waals surface area contributed by atoms with Crippen LogP contribution in [0.15, 0.2) is 41.6 Å². The van der Waals surface area contributed by atoms with Gasteiger partial charge in [0.15, 0.2) is 0 Å². The van der Waals surface area contributed by atoms with Crippen LogP contribution in [0, 0.1) is 0 Å². The number of rotatable bonds is 10. The lowest BCUT2D eigenvalue weighted by atomic mass is 9.94. The minimum atomic E-state index is -4.61. The van der Waals surface area contributed by atoms with E-state index >= 15 is 0 Å². The Bertz CT molecular complexity index is 985. The predicted octanol–water partition coefficient (Wildman–Crippen LogP) is 3.15. The maximum Gasteiger partial charge on any atom is 0.329 e. The van der Waals surface area contributed by atoms with Gasteiger partial charge in [-0.15, -0.1) is 0 Å². The Morgan fingerprint density at radius 2 is 1.90 bits per heavy atom. The molecule has 10 heteroatoms. The molecular weight excluding hydrogens is 398 g/mol. The molecule has 1 aromatic heterocycles. The number of carbonyl (C=O) groups is 2. The first-order valence-electron chi connectivity index (χ1n) is 9.26. The molecule has 1 heterocycles. The summed E-state index contributed by atoms with van der Waals surface area (Å²) >= 11 is 0. The first-order chi connectivity index (χ1) is 13.6. The largest absolute Gasteiger partial charge is 0.479 e. The van der Waals surface area contributed by atoms with Crippen LogP contribution in [-0.2, 0) is 20.5 Å². The molecule has 0 aliphatic heterocycles. The molecule has 2 aromatic rings. The Balaban J connectivity index is 2.32. The molecule has 1 amide bonds. The van der Waals surface area contributed by atoms with Gasteiger partial charge in [0.1, 0.15) is 10.4 Å². The highest BCUT2D eigenvalue weighted by atomic mass is 32.2. The molecule has 158 valence electrons. The van der Waals surface area contributed by atoms with Crippen molar-refractivity contribution >= 4 is 27.9 Å².